The number of nitrogens with one attached hydrogen (secondary N) is 4. The highest BCUT2D eigenvalue weighted by molar-refractivity contribution is 5.97. The Morgan fingerprint density at radius 3 is 2.75 bits per heavy atom. The van der Waals surface area contributed by atoms with Crippen LogP contribution in [0.5, 0.6) is 5.75 Å². The van der Waals surface area contributed by atoms with Gasteiger partial charge in [-0.3, -0.25) is 9.59 Å². The third kappa shape index (κ3) is 3.29. The minimum atomic E-state index is -0.285. The van der Waals surface area contributed by atoms with E-state index in [1.54, 1.807) is 18.2 Å². The van der Waals surface area contributed by atoms with Crippen molar-refractivity contribution in [3.63, 3.8) is 0 Å². The van der Waals surface area contributed by atoms with E-state index in [1.165, 1.54) is 19.6 Å². The number of carbonyl (C=O) groups is 2. The number of hydrogen-bond donors (Lipinski definition) is 4. The molecule has 1 fully saturated rings. The summed E-state index contributed by atoms with van der Waals surface area (Å²) in [5.74, 6) is 0.247. The first kappa shape index (κ1) is 18.3. The van der Waals surface area contributed by atoms with E-state index >= 15 is 0 Å². The average molecular weight is 380 g/mol. The SMILES string of the molecule is COc1cc(NC(C)=O)ccc1NC(=O)C1CC2(CNc3ccccc32)CN1. The highest BCUT2D eigenvalue weighted by atomic mass is 16.5. The van der Waals surface area contributed by atoms with Crippen molar-refractivity contribution in [3.8, 4) is 5.75 Å². The van der Waals surface area contributed by atoms with Crippen LogP contribution in [0.2, 0.25) is 0 Å². The number of anilines is 3. The van der Waals surface area contributed by atoms with Gasteiger partial charge in [0.1, 0.15) is 5.75 Å². The van der Waals surface area contributed by atoms with Gasteiger partial charge in [-0.05, 0) is 30.2 Å². The van der Waals surface area contributed by atoms with Gasteiger partial charge in [-0.1, -0.05) is 18.2 Å². The van der Waals surface area contributed by atoms with Crippen LogP contribution in [0.4, 0.5) is 17.1 Å². The number of amides is 2. The molecule has 2 aliphatic heterocycles. The lowest BCUT2D eigenvalue weighted by molar-refractivity contribution is -0.118. The van der Waals surface area contributed by atoms with Gasteiger partial charge in [0.25, 0.3) is 0 Å². The van der Waals surface area contributed by atoms with Crippen LogP contribution in [-0.4, -0.2) is 38.1 Å². The highest BCUT2D eigenvalue weighted by Crippen LogP contribution is 2.42. The molecule has 1 saturated heterocycles. The first-order valence-electron chi connectivity index (χ1n) is 9.34. The number of carbonyl (C=O) groups excluding carboxylic acids is 2. The summed E-state index contributed by atoms with van der Waals surface area (Å²) in [6, 6.07) is 13.2. The van der Waals surface area contributed by atoms with Crippen molar-refractivity contribution < 1.29 is 14.3 Å². The lowest BCUT2D eigenvalue weighted by Crippen LogP contribution is -2.35. The second kappa shape index (κ2) is 7.16. The fraction of sp³-hybridized carbons (Fsp3) is 0.333. The van der Waals surface area contributed by atoms with Gasteiger partial charge in [0, 0.05) is 42.9 Å². The largest absolute Gasteiger partial charge is 0.494 e. The predicted molar refractivity (Wildman–Crippen MR) is 109 cm³/mol. The first-order valence-corrected chi connectivity index (χ1v) is 9.34. The standard InChI is InChI=1S/C21H24N4O3/c1-13(26)24-14-7-8-17(19(9-14)28-2)25-20(27)18-10-21(12-23-18)11-22-16-6-4-3-5-15(16)21/h3-9,18,22-23H,10-12H2,1-2H3,(H,24,26)(H,25,27). The second-order valence-corrected chi connectivity index (χ2v) is 7.40. The maximum absolute atomic E-state index is 12.9. The zero-order valence-electron chi connectivity index (χ0n) is 16.0. The highest BCUT2D eigenvalue weighted by Gasteiger charge is 2.46. The van der Waals surface area contributed by atoms with E-state index < -0.39 is 0 Å². The van der Waals surface area contributed by atoms with E-state index in [4.69, 9.17) is 4.74 Å². The van der Waals surface area contributed by atoms with Crippen molar-refractivity contribution in [1.29, 1.82) is 0 Å². The summed E-state index contributed by atoms with van der Waals surface area (Å²) < 4.78 is 5.37. The summed E-state index contributed by atoms with van der Waals surface area (Å²) in [5.41, 5.74) is 3.57. The van der Waals surface area contributed by atoms with Crippen molar-refractivity contribution in [2.24, 2.45) is 0 Å². The lowest BCUT2D eigenvalue weighted by atomic mass is 9.80. The molecule has 4 rings (SSSR count). The predicted octanol–water partition coefficient (Wildman–Crippen LogP) is 2.32. The van der Waals surface area contributed by atoms with Crippen LogP contribution >= 0.6 is 0 Å². The van der Waals surface area contributed by atoms with Gasteiger partial charge in [-0.2, -0.15) is 0 Å². The topological polar surface area (TPSA) is 91.5 Å². The van der Waals surface area contributed by atoms with Crippen LogP contribution < -0.4 is 26.0 Å². The Labute approximate surface area is 163 Å². The third-order valence-corrected chi connectivity index (χ3v) is 5.49. The van der Waals surface area contributed by atoms with Crippen molar-refractivity contribution in [1.82, 2.24) is 5.32 Å². The van der Waals surface area contributed by atoms with Crippen molar-refractivity contribution in [3.05, 3.63) is 48.0 Å². The Morgan fingerprint density at radius 1 is 1.14 bits per heavy atom. The molecule has 2 amide bonds. The Balaban J connectivity index is 1.47. The normalized spacial score (nSPS) is 22.4. The number of rotatable bonds is 4. The van der Waals surface area contributed by atoms with E-state index in [0.29, 0.717) is 17.1 Å². The summed E-state index contributed by atoms with van der Waals surface area (Å²) >= 11 is 0. The summed E-state index contributed by atoms with van der Waals surface area (Å²) in [6.07, 6.45) is 0.731. The lowest BCUT2D eigenvalue weighted by Gasteiger charge is -2.22. The van der Waals surface area contributed by atoms with Crippen LogP contribution in [0.15, 0.2) is 42.5 Å². The first-order chi connectivity index (χ1) is 13.5. The van der Waals surface area contributed by atoms with Crippen LogP contribution in [0.3, 0.4) is 0 Å². The van der Waals surface area contributed by atoms with Gasteiger partial charge in [0.15, 0.2) is 0 Å². The maximum atomic E-state index is 12.9. The molecule has 2 atom stereocenters. The Kier molecular flexibility index (Phi) is 4.68. The molecule has 0 aliphatic carbocycles. The molecule has 1 spiro atoms. The molecular formula is C21H24N4O3. The third-order valence-electron chi connectivity index (χ3n) is 5.49. The molecule has 7 nitrogen and oxygen atoms in total. The van der Waals surface area contributed by atoms with Crippen LogP contribution in [0.1, 0.15) is 18.9 Å². The number of hydrogen-bond acceptors (Lipinski definition) is 5. The number of para-hydroxylation sites is 1. The molecule has 2 unspecified atom stereocenters. The second-order valence-electron chi connectivity index (χ2n) is 7.40. The number of fused-ring (bicyclic) bond motifs is 2. The van der Waals surface area contributed by atoms with Gasteiger partial charge in [0.2, 0.25) is 11.8 Å². The zero-order valence-corrected chi connectivity index (χ0v) is 16.0. The molecule has 2 aromatic rings. The van der Waals surface area contributed by atoms with E-state index in [2.05, 4.69) is 33.4 Å². The summed E-state index contributed by atoms with van der Waals surface area (Å²) in [4.78, 5) is 24.1. The molecule has 0 saturated carbocycles. The Bertz CT molecular complexity index is 930. The van der Waals surface area contributed by atoms with E-state index in [-0.39, 0.29) is 23.3 Å². The van der Waals surface area contributed by atoms with Crippen LogP contribution in [0, 0.1) is 0 Å². The van der Waals surface area contributed by atoms with E-state index in [9.17, 15) is 9.59 Å². The molecule has 28 heavy (non-hydrogen) atoms. The minimum absolute atomic E-state index is 0.0576. The molecule has 2 aliphatic rings. The zero-order chi connectivity index (χ0) is 19.7. The summed E-state index contributed by atoms with van der Waals surface area (Å²) in [6.45, 7) is 3.03. The van der Waals surface area contributed by atoms with Gasteiger partial charge in [0.05, 0.1) is 18.8 Å². The fourth-order valence-electron chi connectivity index (χ4n) is 4.13. The van der Waals surface area contributed by atoms with Crippen molar-refractivity contribution >= 4 is 28.9 Å². The van der Waals surface area contributed by atoms with E-state index in [0.717, 1.165) is 25.2 Å². The monoisotopic (exact) mass is 380 g/mol. The molecule has 0 aromatic heterocycles. The van der Waals surface area contributed by atoms with Crippen molar-refractivity contribution in [2.45, 2.75) is 24.8 Å². The minimum Gasteiger partial charge on any atom is -0.494 e. The molecule has 146 valence electrons. The summed E-state index contributed by atoms with van der Waals surface area (Å²) in [5, 5.41) is 12.5. The van der Waals surface area contributed by atoms with Crippen LogP contribution in [-0.2, 0) is 15.0 Å². The molecule has 0 radical (unpaired) electrons. The smallest absolute Gasteiger partial charge is 0.241 e. The van der Waals surface area contributed by atoms with Gasteiger partial charge >= 0.3 is 0 Å². The molecule has 2 aromatic carbocycles. The maximum Gasteiger partial charge on any atom is 0.241 e. The quantitative estimate of drug-likeness (QED) is 0.653. The number of methoxy groups -OCH3 is 1. The molecule has 2 heterocycles. The molecule has 7 heteroatoms. The molecular weight excluding hydrogens is 356 g/mol. The summed E-state index contributed by atoms with van der Waals surface area (Å²) in [7, 11) is 1.53. The van der Waals surface area contributed by atoms with Crippen molar-refractivity contribution in [2.75, 3.05) is 36.1 Å². The molecule has 0 bridgehead atoms. The average Bonchev–Trinajstić information content (AvgIpc) is 3.28. The Hall–Kier alpha value is -3.06. The molecule has 4 N–H and O–H groups in total. The van der Waals surface area contributed by atoms with Gasteiger partial charge < -0.3 is 26.0 Å². The fourth-order valence-corrected chi connectivity index (χ4v) is 4.13. The number of benzene rings is 2. The van der Waals surface area contributed by atoms with Crippen LogP contribution in [0.25, 0.3) is 0 Å². The number of ether oxygens (including phenoxy) is 1. The van der Waals surface area contributed by atoms with Gasteiger partial charge in [-0.25, -0.2) is 0 Å². The van der Waals surface area contributed by atoms with Gasteiger partial charge in [-0.15, -0.1) is 0 Å². The van der Waals surface area contributed by atoms with E-state index in [1.807, 2.05) is 12.1 Å². The Morgan fingerprint density at radius 2 is 1.96 bits per heavy atom.